The highest BCUT2D eigenvalue weighted by molar-refractivity contribution is 7.19. The number of anilines is 3. The molecule has 3 aromatic heterocycles. The van der Waals surface area contributed by atoms with E-state index in [1.807, 2.05) is 19.9 Å². The van der Waals surface area contributed by atoms with Gasteiger partial charge < -0.3 is 24.8 Å². The summed E-state index contributed by atoms with van der Waals surface area (Å²) in [5.74, 6) is 0.599. The number of thiophene rings is 1. The first-order valence-corrected chi connectivity index (χ1v) is 17.0. The van der Waals surface area contributed by atoms with Crippen molar-refractivity contribution in [2.75, 3.05) is 48.0 Å². The molecule has 2 N–H and O–H groups in total. The van der Waals surface area contributed by atoms with Crippen LogP contribution in [0.4, 0.5) is 21.6 Å². The molecule has 0 radical (unpaired) electrons. The number of fused-ring (bicyclic) bond motifs is 3. The number of pyridine rings is 1. The zero-order chi connectivity index (χ0) is 33.0. The van der Waals surface area contributed by atoms with Crippen molar-refractivity contribution in [3.63, 3.8) is 0 Å². The number of aromatic amines is 1. The van der Waals surface area contributed by atoms with Crippen LogP contribution in [0.25, 0.3) is 21.1 Å². The van der Waals surface area contributed by atoms with E-state index in [4.69, 9.17) is 4.74 Å². The maximum Gasteiger partial charge on any atom is 0.259 e. The third kappa shape index (κ3) is 5.56. The van der Waals surface area contributed by atoms with E-state index in [0.29, 0.717) is 41.3 Å². The molecule has 11 heteroatoms. The molecule has 1 spiro atoms. The lowest BCUT2D eigenvalue weighted by atomic mass is 9.73. The Labute approximate surface area is 281 Å². The zero-order valence-corrected chi connectivity index (χ0v) is 27.6. The highest BCUT2D eigenvalue weighted by Crippen LogP contribution is 2.45. The summed E-state index contributed by atoms with van der Waals surface area (Å²) in [4.78, 5) is 45.8. The van der Waals surface area contributed by atoms with Gasteiger partial charge in [0.05, 0.1) is 16.1 Å². The minimum absolute atomic E-state index is 0.234. The van der Waals surface area contributed by atoms with Crippen molar-refractivity contribution in [2.45, 2.75) is 33.1 Å². The summed E-state index contributed by atoms with van der Waals surface area (Å²) >= 11 is 1.59. The van der Waals surface area contributed by atoms with E-state index in [9.17, 15) is 14.0 Å². The number of hydrogen-bond acceptors (Lipinski definition) is 7. The Bertz CT molecular complexity index is 2040. The average Bonchev–Trinajstić information content (AvgIpc) is 3.67. The number of halogens is 1. The molecule has 0 bridgehead atoms. The molecule has 8 rings (SSSR count). The van der Waals surface area contributed by atoms with Crippen LogP contribution >= 0.6 is 11.3 Å². The molecule has 0 unspecified atom stereocenters. The van der Waals surface area contributed by atoms with Crippen molar-refractivity contribution < 1.29 is 18.7 Å². The van der Waals surface area contributed by atoms with Crippen LogP contribution in [0.1, 0.15) is 50.4 Å². The minimum Gasteiger partial charge on any atom is -0.381 e. The normalized spacial score (nSPS) is 16.6. The molecule has 2 saturated heterocycles. The summed E-state index contributed by atoms with van der Waals surface area (Å²) in [6.07, 6.45) is 6.27. The predicted molar refractivity (Wildman–Crippen MR) is 185 cm³/mol. The Morgan fingerprint density at radius 1 is 1.00 bits per heavy atom. The molecule has 48 heavy (non-hydrogen) atoms. The van der Waals surface area contributed by atoms with Crippen LogP contribution in [0.2, 0.25) is 0 Å². The van der Waals surface area contributed by atoms with E-state index >= 15 is 0 Å². The van der Waals surface area contributed by atoms with Crippen LogP contribution in [0.15, 0.2) is 67.0 Å². The number of ether oxygens (including phenoxy) is 1. The fourth-order valence-electron chi connectivity index (χ4n) is 7.05. The van der Waals surface area contributed by atoms with E-state index in [1.165, 1.54) is 12.1 Å². The second-order valence-electron chi connectivity index (χ2n) is 13.1. The van der Waals surface area contributed by atoms with Gasteiger partial charge >= 0.3 is 0 Å². The molecule has 0 atom stereocenters. The summed E-state index contributed by atoms with van der Waals surface area (Å²) in [5, 5.41) is 3.00. The Balaban J connectivity index is 1.01. The molecule has 3 aliphatic rings. The third-order valence-electron chi connectivity index (χ3n) is 9.63. The Morgan fingerprint density at radius 2 is 1.79 bits per heavy atom. The number of hydrogen-bond donors (Lipinski definition) is 2. The van der Waals surface area contributed by atoms with Gasteiger partial charge in [0.1, 0.15) is 17.5 Å². The Morgan fingerprint density at radius 3 is 2.54 bits per heavy atom. The quantitative estimate of drug-likeness (QED) is 0.210. The first-order valence-electron chi connectivity index (χ1n) is 16.2. The number of H-pyrrole nitrogens is 1. The summed E-state index contributed by atoms with van der Waals surface area (Å²) in [5.41, 5.74) is 6.11. The topological polar surface area (TPSA) is 103 Å². The lowest BCUT2D eigenvalue weighted by molar-refractivity contribution is -0.000510. The van der Waals surface area contributed by atoms with Gasteiger partial charge in [-0.05, 0) is 98.8 Å². The maximum atomic E-state index is 14.7. The number of aryl methyl sites for hydroxylation is 2. The molecule has 2 aromatic carbocycles. The van der Waals surface area contributed by atoms with E-state index in [1.54, 1.807) is 59.0 Å². The standard InChI is InChI=1S/C37H35FN6O3S/c1-22-15-29(34(40-18-22)43-20-37(21-43)10-13-47-14-11-37)35(45)42-27-6-3-24(4-7-27)36(46)44-12-9-25-16-31(33-39-19-23(2)41-33)48-32(25)28-8-5-26(38)17-30(28)44/h3-8,15-19H,9-14,20-21H2,1-2H3,(H,39,41)(H,42,45). The number of benzene rings is 2. The van der Waals surface area contributed by atoms with Gasteiger partial charge in [-0.25, -0.2) is 14.4 Å². The summed E-state index contributed by atoms with van der Waals surface area (Å²) in [6.45, 7) is 7.58. The number of rotatable bonds is 5. The lowest BCUT2D eigenvalue weighted by Gasteiger charge is -2.53. The Kier molecular flexibility index (Phi) is 7.60. The second kappa shape index (κ2) is 12.0. The number of nitrogens with zero attached hydrogens (tertiary/aromatic N) is 4. The fraction of sp³-hybridized carbons (Fsp3) is 0.297. The molecule has 6 heterocycles. The smallest absolute Gasteiger partial charge is 0.259 e. The molecule has 2 fully saturated rings. The molecular formula is C37H35FN6O3S. The molecular weight excluding hydrogens is 628 g/mol. The highest BCUT2D eigenvalue weighted by Gasteiger charge is 2.45. The summed E-state index contributed by atoms with van der Waals surface area (Å²) < 4.78 is 20.2. The Hall–Kier alpha value is -4.87. The largest absolute Gasteiger partial charge is 0.381 e. The summed E-state index contributed by atoms with van der Waals surface area (Å²) in [6, 6.07) is 15.5. The van der Waals surface area contributed by atoms with Crippen molar-refractivity contribution >= 4 is 40.3 Å². The van der Waals surface area contributed by atoms with Crippen LogP contribution in [0, 0.1) is 25.1 Å². The molecule has 0 aliphatic carbocycles. The predicted octanol–water partition coefficient (Wildman–Crippen LogP) is 7.03. The van der Waals surface area contributed by atoms with E-state index in [-0.39, 0.29) is 17.2 Å². The van der Waals surface area contributed by atoms with Crippen LogP contribution in [0.3, 0.4) is 0 Å². The van der Waals surface area contributed by atoms with Crippen molar-refractivity contribution in [1.82, 2.24) is 15.0 Å². The number of nitrogens with one attached hydrogen (secondary N) is 2. The summed E-state index contributed by atoms with van der Waals surface area (Å²) in [7, 11) is 0. The van der Waals surface area contributed by atoms with Crippen molar-refractivity contribution in [3.05, 3.63) is 101 Å². The molecule has 9 nitrogen and oxygen atoms in total. The lowest BCUT2D eigenvalue weighted by Crippen LogP contribution is -2.59. The fourth-order valence-corrected chi connectivity index (χ4v) is 8.24. The van der Waals surface area contributed by atoms with Gasteiger partial charge in [-0.1, -0.05) is 0 Å². The molecule has 3 aliphatic heterocycles. The number of aromatic nitrogens is 3. The van der Waals surface area contributed by atoms with Crippen molar-refractivity contribution in [3.8, 4) is 21.1 Å². The highest BCUT2D eigenvalue weighted by atomic mass is 32.1. The second-order valence-corrected chi connectivity index (χ2v) is 14.2. The number of imidazole rings is 1. The average molecular weight is 663 g/mol. The van der Waals surface area contributed by atoms with Gasteiger partial charge in [0.15, 0.2) is 0 Å². The monoisotopic (exact) mass is 662 g/mol. The van der Waals surface area contributed by atoms with Crippen molar-refractivity contribution in [2.24, 2.45) is 5.41 Å². The first kappa shape index (κ1) is 30.5. The van der Waals surface area contributed by atoms with Crippen LogP contribution in [-0.4, -0.2) is 59.6 Å². The molecule has 244 valence electrons. The first-order chi connectivity index (χ1) is 23.2. The van der Waals surface area contributed by atoms with Gasteiger partial charge in [0.25, 0.3) is 11.8 Å². The zero-order valence-electron chi connectivity index (χ0n) is 26.8. The van der Waals surface area contributed by atoms with Crippen LogP contribution in [-0.2, 0) is 11.2 Å². The van der Waals surface area contributed by atoms with Gasteiger partial charge in [0, 0.05) is 78.0 Å². The maximum absolute atomic E-state index is 14.7. The van der Waals surface area contributed by atoms with E-state index in [2.05, 4.69) is 31.2 Å². The van der Waals surface area contributed by atoms with Gasteiger partial charge in [-0.2, -0.15) is 0 Å². The van der Waals surface area contributed by atoms with Gasteiger partial charge in [-0.15, -0.1) is 11.3 Å². The minimum atomic E-state index is -0.405. The number of carbonyl (C=O) groups is 2. The van der Waals surface area contributed by atoms with Crippen LogP contribution in [0.5, 0.6) is 0 Å². The van der Waals surface area contributed by atoms with Crippen LogP contribution < -0.4 is 15.1 Å². The van der Waals surface area contributed by atoms with E-state index < -0.39 is 5.82 Å². The van der Waals surface area contributed by atoms with E-state index in [0.717, 1.165) is 77.1 Å². The molecule has 2 amide bonds. The SMILES string of the molecule is Cc1cnc(N2CC3(CCOCC3)C2)c(C(=O)Nc2ccc(C(=O)N3CCc4cc(-c5ncc(C)[nH]5)sc4-c4ccc(F)cc43)cc2)c1. The number of amides is 2. The van der Waals surface area contributed by atoms with Crippen molar-refractivity contribution in [1.29, 1.82) is 0 Å². The number of carbonyl (C=O) groups excluding carboxylic acids is 2. The molecule has 0 saturated carbocycles. The molecule has 5 aromatic rings. The van der Waals surface area contributed by atoms with Gasteiger partial charge in [-0.3, -0.25) is 9.59 Å². The van der Waals surface area contributed by atoms with Gasteiger partial charge in [0.2, 0.25) is 0 Å². The third-order valence-corrected chi connectivity index (χ3v) is 10.9.